The molecule has 3 heterocycles. The Labute approximate surface area is 159 Å². The third-order valence-electron chi connectivity index (χ3n) is 4.38. The zero-order valence-corrected chi connectivity index (χ0v) is 15.0. The van der Waals surface area contributed by atoms with Gasteiger partial charge < -0.3 is 14.8 Å². The van der Waals surface area contributed by atoms with E-state index in [9.17, 15) is 4.39 Å². The van der Waals surface area contributed by atoms with Crippen LogP contribution in [0.25, 0.3) is 5.78 Å². The third-order valence-corrected chi connectivity index (χ3v) is 4.38. The van der Waals surface area contributed by atoms with Crippen molar-refractivity contribution < 1.29 is 13.9 Å². The molecule has 7 nitrogen and oxygen atoms in total. The average Bonchev–Trinajstić information content (AvgIpc) is 3.27. The van der Waals surface area contributed by atoms with E-state index < -0.39 is 0 Å². The van der Waals surface area contributed by atoms with Crippen LogP contribution in [-0.2, 0) is 6.42 Å². The van der Waals surface area contributed by atoms with E-state index in [1.165, 1.54) is 12.1 Å². The van der Waals surface area contributed by atoms with Crippen molar-refractivity contribution >= 4 is 17.3 Å². The lowest BCUT2D eigenvalue weighted by Gasteiger charge is -2.09. The van der Waals surface area contributed by atoms with Gasteiger partial charge in [-0.05, 0) is 36.8 Å². The molecule has 5 rings (SSSR count). The van der Waals surface area contributed by atoms with Crippen LogP contribution in [-0.4, -0.2) is 26.4 Å². The lowest BCUT2D eigenvalue weighted by atomic mass is 10.1. The van der Waals surface area contributed by atoms with Gasteiger partial charge in [-0.1, -0.05) is 12.1 Å². The van der Waals surface area contributed by atoms with Crippen LogP contribution < -0.4 is 14.8 Å². The lowest BCUT2D eigenvalue weighted by molar-refractivity contribution is 0.174. The molecule has 1 N–H and O–H groups in total. The van der Waals surface area contributed by atoms with E-state index in [1.807, 2.05) is 37.3 Å². The van der Waals surface area contributed by atoms with Crippen LogP contribution in [0.2, 0.25) is 0 Å². The van der Waals surface area contributed by atoms with Gasteiger partial charge in [0.05, 0.1) is 0 Å². The predicted octanol–water partition coefficient (Wildman–Crippen LogP) is 3.63. The summed E-state index contributed by atoms with van der Waals surface area (Å²) in [5, 5.41) is 7.88. The molecule has 0 atom stereocenters. The molecule has 28 heavy (non-hydrogen) atoms. The van der Waals surface area contributed by atoms with Gasteiger partial charge in [-0.2, -0.15) is 9.50 Å². The second-order valence-electron chi connectivity index (χ2n) is 6.52. The molecule has 0 radical (unpaired) electrons. The Morgan fingerprint density at radius 1 is 1.07 bits per heavy atom. The molecule has 2 aromatic heterocycles. The summed E-state index contributed by atoms with van der Waals surface area (Å²) in [5.74, 6) is 2.91. The van der Waals surface area contributed by atoms with E-state index in [-0.39, 0.29) is 12.6 Å². The maximum atomic E-state index is 13.4. The highest BCUT2D eigenvalue weighted by Gasteiger charge is 2.15. The van der Waals surface area contributed by atoms with Crippen LogP contribution in [0.1, 0.15) is 17.1 Å². The SMILES string of the molecule is Cc1cc(Nc2ccc3c(c2)OCO3)n2nc(Cc3cccc(F)c3)nc2n1. The topological polar surface area (TPSA) is 73.6 Å². The molecule has 8 heteroatoms. The molecule has 2 aromatic carbocycles. The van der Waals surface area contributed by atoms with E-state index in [4.69, 9.17) is 9.47 Å². The normalized spacial score (nSPS) is 12.5. The summed E-state index contributed by atoms with van der Waals surface area (Å²) in [7, 11) is 0. The molecule has 0 amide bonds. The molecule has 0 aliphatic carbocycles. The zero-order chi connectivity index (χ0) is 19.1. The molecule has 1 aliphatic heterocycles. The van der Waals surface area contributed by atoms with E-state index in [1.54, 1.807) is 10.6 Å². The number of ether oxygens (including phenoxy) is 2. The average molecular weight is 377 g/mol. The van der Waals surface area contributed by atoms with E-state index in [2.05, 4.69) is 20.4 Å². The fourth-order valence-corrected chi connectivity index (χ4v) is 3.14. The first-order valence-electron chi connectivity index (χ1n) is 8.78. The molecule has 0 spiro atoms. The van der Waals surface area contributed by atoms with E-state index in [0.29, 0.717) is 23.8 Å². The smallest absolute Gasteiger partial charge is 0.254 e. The van der Waals surface area contributed by atoms with Gasteiger partial charge in [0, 0.05) is 29.9 Å². The van der Waals surface area contributed by atoms with E-state index >= 15 is 0 Å². The summed E-state index contributed by atoms with van der Waals surface area (Å²) in [5.41, 5.74) is 2.44. The minimum Gasteiger partial charge on any atom is -0.454 e. The van der Waals surface area contributed by atoms with Gasteiger partial charge in [-0.3, -0.25) is 0 Å². The number of nitrogens with zero attached hydrogens (tertiary/aromatic N) is 4. The Hall–Kier alpha value is -3.68. The second-order valence-corrected chi connectivity index (χ2v) is 6.52. The fourth-order valence-electron chi connectivity index (χ4n) is 3.14. The number of anilines is 2. The van der Waals surface area contributed by atoms with Crippen molar-refractivity contribution in [2.45, 2.75) is 13.3 Å². The van der Waals surface area contributed by atoms with Crippen molar-refractivity contribution in [1.29, 1.82) is 0 Å². The van der Waals surface area contributed by atoms with Crippen LogP contribution in [0.4, 0.5) is 15.9 Å². The van der Waals surface area contributed by atoms with Crippen molar-refractivity contribution in [3.8, 4) is 11.5 Å². The van der Waals surface area contributed by atoms with Crippen molar-refractivity contribution in [3.05, 3.63) is 71.4 Å². The number of hydrogen-bond donors (Lipinski definition) is 1. The van der Waals surface area contributed by atoms with E-state index in [0.717, 1.165) is 28.5 Å². The molecule has 0 unspecified atom stereocenters. The molecular weight excluding hydrogens is 361 g/mol. The molecule has 0 bridgehead atoms. The first-order chi connectivity index (χ1) is 13.6. The number of halogens is 1. The summed E-state index contributed by atoms with van der Waals surface area (Å²) < 4.78 is 25.9. The first-order valence-corrected chi connectivity index (χ1v) is 8.78. The highest BCUT2D eigenvalue weighted by atomic mass is 19.1. The van der Waals surface area contributed by atoms with Gasteiger partial charge in [0.2, 0.25) is 6.79 Å². The van der Waals surface area contributed by atoms with Crippen LogP contribution >= 0.6 is 0 Å². The Kier molecular flexibility index (Phi) is 3.82. The van der Waals surface area contributed by atoms with Crippen LogP contribution in [0.3, 0.4) is 0 Å². The highest BCUT2D eigenvalue weighted by molar-refractivity contribution is 5.63. The number of aromatic nitrogens is 4. The summed E-state index contributed by atoms with van der Waals surface area (Å²) in [6.07, 6.45) is 0.420. The van der Waals surface area contributed by atoms with Crippen molar-refractivity contribution in [2.24, 2.45) is 0 Å². The number of benzene rings is 2. The third kappa shape index (κ3) is 3.09. The quantitative estimate of drug-likeness (QED) is 0.585. The molecule has 0 saturated carbocycles. The second kappa shape index (κ2) is 6.49. The van der Waals surface area contributed by atoms with Gasteiger partial charge >= 0.3 is 0 Å². The number of rotatable bonds is 4. The van der Waals surface area contributed by atoms with Crippen molar-refractivity contribution in [2.75, 3.05) is 12.1 Å². The summed E-state index contributed by atoms with van der Waals surface area (Å²) in [6, 6.07) is 13.9. The van der Waals surface area contributed by atoms with Crippen LogP contribution in [0.15, 0.2) is 48.5 Å². The minimum atomic E-state index is -0.277. The number of nitrogens with one attached hydrogen (secondary N) is 1. The number of fused-ring (bicyclic) bond motifs is 2. The maximum Gasteiger partial charge on any atom is 0.254 e. The Balaban J connectivity index is 1.49. The van der Waals surface area contributed by atoms with Crippen molar-refractivity contribution in [3.63, 3.8) is 0 Å². The largest absolute Gasteiger partial charge is 0.454 e. The summed E-state index contributed by atoms with van der Waals surface area (Å²) >= 11 is 0. The van der Waals surface area contributed by atoms with Gasteiger partial charge in [0.25, 0.3) is 5.78 Å². The first kappa shape index (κ1) is 16.5. The van der Waals surface area contributed by atoms with Gasteiger partial charge in [-0.15, -0.1) is 5.10 Å². The Bertz CT molecular complexity index is 1190. The van der Waals surface area contributed by atoms with Crippen molar-refractivity contribution in [1.82, 2.24) is 19.6 Å². The summed E-state index contributed by atoms with van der Waals surface area (Å²) in [4.78, 5) is 8.94. The molecule has 0 saturated heterocycles. The van der Waals surface area contributed by atoms with Gasteiger partial charge in [-0.25, -0.2) is 9.37 Å². The molecule has 4 aromatic rings. The Morgan fingerprint density at radius 2 is 1.96 bits per heavy atom. The Morgan fingerprint density at radius 3 is 2.86 bits per heavy atom. The van der Waals surface area contributed by atoms with Crippen LogP contribution in [0, 0.1) is 12.7 Å². The molecule has 1 aliphatic rings. The lowest BCUT2D eigenvalue weighted by Crippen LogP contribution is -2.03. The molecular formula is C20H16FN5O2. The van der Waals surface area contributed by atoms with Gasteiger partial charge in [0.1, 0.15) is 11.6 Å². The maximum absolute atomic E-state index is 13.4. The fraction of sp³-hybridized carbons (Fsp3) is 0.150. The van der Waals surface area contributed by atoms with Crippen LogP contribution in [0.5, 0.6) is 11.5 Å². The monoisotopic (exact) mass is 377 g/mol. The molecule has 140 valence electrons. The standard InChI is InChI=1S/C20H16FN5O2/c1-12-7-19(23-15-5-6-16-17(10-15)28-11-27-16)26-20(22-12)24-18(25-26)9-13-3-2-4-14(21)8-13/h2-8,10,23H,9,11H2,1H3. The predicted molar refractivity (Wildman–Crippen MR) is 101 cm³/mol. The molecule has 0 fully saturated rings. The highest BCUT2D eigenvalue weighted by Crippen LogP contribution is 2.35. The number of aryl methyl sites for hydroxylation is 1. The minimum absolute atomic E-state index is 0.226. The van der Waals surface area contributed by atoms with Gasteiger partial charge in [0.15, 0.2) is 17.3 Å². The zero-order valence-electron chi connectivity index (χ0n) is 15.0. The summed E-state index contributed by atoms with van der Waals surface area (Å²) in [6.45, 7) is 2.12. The number of hydrogen-bond acceptors (Lipinski definition) is 6.